The molecule has 1 heterocycles. The summed E-state index contributed by atoms with van der Waals surface area (Å²) in [4.78, 5) is 28.2. The minimum absolute atomic E-state index is 0.0376. The fraction of sp³-hybridized carbons (Fsp3) is 0.462. The van der Waals surface area contributed by atoms with Crippen molar-refractivity contribution < 1.29 is 23.1 Å². The molecule has 36 heavy (non-hydrogen) atoms. The summed E-state index contributed by atoms with van der Waals surface area (Å²) in [6.45, 7) is 8.11. The van der Waals surface area contributed by atoms with Gasteiger partial charge in [0.25, 0.3) is 5.91 Å². The van der Waals surface area contributed by atoms with Crippen LogP contribution in [0.5, 0.6) is 0 Å². The van der Waals surface area contributed by atoms with Crippen molar-refractivity contribution in [1.82, 2.24) is 14.9 Å². The molecule has 2 amide bonds. The Morgan fingerprint density at radius 2 is 1.75 bits per heavy atom. The zero-order chi connectivity index (χ0) is 26.9. The van der Waals surface area contributed by atoms with E-state index in [4.69, 9.17) is 11.6 Å². The summed E-state index contributed by atoms with van der Waals surface area (Å²) in [6, 6.07) is 11.9. The van der Waals surface area contributed by atoms with Gasteiger partial charge in [-0.25, -0.2) is 13.1 Å². The lowest BCUT2D eigenvalue weighted by atomic mass is 9.66. The molecule has 0 aromatic heterocycles. The van der Waals surface area contributed by atoms with Gasteiger partial charge in [-0.3, -0.25) is 9.59 Å². The van der Waals surface area contributed by atoms with E-state index in [1.807, 2.05) is 27.7 Å². The predicted octanol–water partition coefficient (Wildman–Crippen LogP) is 3.15. The summed E-state index contributed by atoms with van der Waals surface area (Å²) in [6.07, 6.45) is 0.329. The molecule has 2 aromatic carbocycles. The number of likely N-dealkylation sites (tertiary alicyclic amines) is 1. The number of carbonyl (C=O) groups excluding carboxylic acids is 2. The second kappa shape index (κ2) is 10.5. The standard InChI is InChI=1S/C26H34ClN3O5S/c1-17(2)22(29-23(31)18-7-6-8-21(15-18)36(34,35)28-5)24(32)30-14-13-26(33,25(3,4)16-30)19-9-11-20(27)12-10-19/h6-12,15,17,22,28,33H,13-14,16H2,1-5H3,(H,29,31)/t22-,26+/m1/s1. The second-order valence-corrected chi connectivity index (χ2v) is 12.5. The summed E-state index contributed by atoms with van der Waals surface area (Å²) in [5, 5.41) is 15.0. The van der Waals surface area contributed by atoms with Crippen LogP contribution in [0.15, 0.2) is 53.4 Å². The molecule has 1 fully saturated rings. The van der Waals surface area contributed by atoms with Crippen LogP contribution < -0.4 is 10.0 Å². The molecule has 10 heteroatoms. The number of rotatable bonds is 7. The van der Waals surface area contributed by atoms with Crippen LogP contribution in [0.25, 0.3) is 0 Å². The first-order valence-electron chi connectivity index (χ1n) is 11.8. The van der Waals surface area contributed by atoms with Gasteiger partial charge in [-0.05, 0) is 55.3 Å². The van der Waals surface area contributed by atoms with E-state index in [1.54, 1.807) is 29.2 Å². The molecule has 2 atom stereocenters. The number of halogens is 1. The molecule has 8 nitrogen and oxygen atoms in total. The molecule has 196 valence electrons. The lowest BCUT2D eigenvalue weighted by Gasteiger charge is -2.51. The highest BCUT2D eigenvalue weighted by atomic mass is 35.5. The van der Waals surface area contributed by atoms with Gasteiger partial charge >= 0.3 is 0 Å². The van der Waals surface area contributed by atoms with Crippen molar-refractivity contribution in [2.24, 2.45) is 11.3 Å². The van der Waals surface area contributed by atoms with E-state index in [0.29, 0.717) is 24.5 Å². The number of piperidine rings is 1. The van der Waals surface area contributed by atoms with Crippen LogP contribution in [0.4, 0.5) is 0 Å². The molecular formula is C26H34ClN3O5S. The van der Waals surface area contributed by atoms with Crippen molar-refractivity contribution in [1.29, 1.82) is 0 Å². The summed E-state index contributed by atoms with van der Waals surface area (Å²) in [5.74, 6) is -1.00. The van der Waals surface area contributed by atoms with E-state index in [-0.39, 0.29) is 22.3 Å². The van der Waals surface area contributed by atoms with Gasteiger partial charge in [-0.15, -0.1) is 0 Å². The minimum Gasteiger partial charge on any atom is -0.384 e. The van der Waals surface area contributed by atoms with Gasteiger partial charge in [-0.1, -0.05) is 57.5 Å². The number of nitrogens with zero attached hydrogens (tertiary/aromatic N) is 1. The van der Waals surface area contributed by atoms with E-state index in [9.17, 15) is 23.1 Å². The zero-order valence-electron chi connectivity index (χ0n) is 21.2. The van der Waals surface area contributed by atoms with Crippen molar-refractivity contribution in [2.45, 2.75) is 50.7 Å². The van der Waals surface area contributed by atoms with Gasteiger partial charge in [0, 0.05) is 29.1 Å². The van der Waals surface area contributed by atoms with Gasteiger partial charge in [0.15, 0.2) is 0 Å². The summed E-state index contributed by atoms with van der Waals surface area (Å²) in [5.41, 5.74) is -0.935. The van der Waals surface area contributed by atoms with E-state index in [2.05, 4.69) is 10.0 Å². The van der Waals surface area contributed by atoms with Gasteiger partial charge < -0.3 is 15.3 Å². The smallest absolute Gasteiger partial charge is 0.251 e. The highest BCUT2D eigenvalue weighted by Gasteiger charge is 2.50. The Kier molecular flexibility index (Phi) is 8.20. The third kappa shape index (κ3) is 5.59. The van der Waals surface area contributed by atoms with Crippen LogP contribution in [0, 0.1) is 11.3 Å². The number of hydrogen-bond donors (Lipinski definition) is 3. The van der Waals surface area contributed by atoms with Crippen LogP contribution in [-0.2, 0) is 20.4 Å². The van der Waals surface area contributed by atoms with Crippen molar-refractivity contribution in [3.8, 4) is 0 Å². The zero-order valence-corrected chi connectivity index (χ0v) is 22.8. The Morgan fingerprint density at radius 1 is 1.11 bits per heavy atom. The van der Waals surface area contributed by atoms with Crippen molar-refractivity contribution in [3.05, 3.63) is 64.7 Å². The number of amides is 2. The average Bonchev–Trinajstić information content (AvgIpc) is 2.83. The first-order valence-corrected chi connectivity index (χ1v) is 13.7. The van der Waals surface area contributed by atoms with Gasteiger partial charge in [0.05, 0.1) is 10.5 Å². The van der Waals surface area contributed by atoms with Crippen LogP contribution in [0.1, 0.15) is 50.0 Å². The number of sulfonamides is 1. The third-order valence-corrected chi connectivity index (χ3v) is 8.64. The molecule has 0 saturated carbocycles. The van der Waals surface area contributed by atoms with Crippen LogP contribution in [0.3, 0.4) is 0 Å². The lowest BCUT2D eigenvalue weighted by Crippen LogP contribution is -2.60. The third-order valence-electron chi connectivity index (χ3n) is 6.98. The molecule has 0 unspecified atom stereocenters. The summed E-state index contributed by atoms with van der Waals surface area (Å²) >= 11 is 6.02. The maximum atomic E-state index is 13.6. The van der Waals surface area contributed by atoms with Gasteiger partial charge in [0.2, 0.25) is 15.9 Å². The molecular weight excluding hydrogens is 502 g/mol. The maximum absolute atomic E-state index is 13.6. The van der Waals surface area contributed by atoms with Crippen LogP contribution >= 0.6 is 11.6 Å². The monoisotopic (exact) mass is 535 g/mol. The summed E-state index contributed by atoms with van der Waals surface area (Å²) in [7, 11) is -2.42. The maximum Gasteiger partial charge on any atom is 0.251 e. The molecule has 0 spiro atoms. The van der Waals surface area contributed by atoms with E-state index < -0.39 is 33.0 Å². The van der Waals surface area contributed by atoms with Crippen molar-refractivity contribution >= 4 is 33.4 Å². The highest BCUT2D eigenvalue weighted by molar-refractivity contribution is 7.89. The number of hydrogen-bond acceptors (Lipinski definition) is 5. The average molecular weight is 536 g/mol. The Bertz CT molecular complexity index is 1230. The SMILES string of the molecule is CNS(=O)(=O)c1cccc(C(=O)N[C@@H](C(=O)N2CC[C@](O)(c3ccc(Cl)cc3)C(C)(C)C2)C(C)C)c1. The first-order chi connectivity index (χ1) is 16.7. The van der Waals surface area contributed by atoms with Crippen molar-refractivity contribution in [2.75, 3.05) is 20.1 Å². The quantitative estimate of drug-likeness (QED) is 0.503. The Morgan fingerprint density at radius 3 is 2.31 bits per heavy atom. The Labute approximate surface area is 218 Å². The first kappa shape index (κ1) is 28.1. The lowest BCUT2D eigenvalue weighted by molar-refractivity contribution is -0.155. The summed E-state index contributed by atoms with van der Waals surface area (Å²) < 4.78 is 26.5. The molecule has 1 saturated heterocycles. The number of aliphatic hydroxyl groups is 1. The normalized spacial score (nSPS) is 20.7. The van der Waals surface area contributed by atoms with E-state index >= 15 is 0 Å². The number of benzene rings is 2. The molecule has 0 bridgehead atoms. The van der Waals surface area contributed by atoms with Crippen LogP contribution in [-0.4, -0.2) is 56.4 Å². The largest absolute Gasteiger partial charge is 0.384 e. The second-order valence-electron chi connectivity index (χ2n) is 10.2. The van der Waals surface area contributed by atoms with Crippen LogP contribution in [0.2, 0.25) is 5.02 Å². The van der Waals surface area contributed by atoms with E-state index in [1.165, 1.54) is 31.3 Å². The molecule has 0 aliphatic carbocycles. The topological polar surface area (TPSA) is 116 Å². The fourth-order valence-corrected chi connectivity index (χ4v) is 5.53. The number of carbonyl (C=O) groups is 2. The van der Waals surface area contributed by atoms with Gasteiger partial charge in [-0.2, -0.15) is 0 Å². The molecule has 1 aliphatic rings. The highest BCUT2D eigenvalue weighted by Crippen LogP contribution is 2.46. The van der Waals surface area contributed by atoms with Crippen molar-refractivity contribution in [3.63, 3.8) is 0 Å². The number of nitrogens with one attached hydrogen (secondary N) is 2. The fourth-order valence-electron chi connectivity index (χ4n) is 4.63. The predicted molar refractivity (Wildman–Crippen MR) is 139 cm³/mol. The Hall–Kier alpha value is -2.46. The minimum atomic E-state index is -3.72. The Balaban J connectivity index is 1.79. The molecule has 2 aromatic rings. The molecule has 3 N–H and O–H groups in total. The molecule has 0 radical (unpaired) electrons. The van der Waals surface area contributed by atoms with Gasteiger partial charge in [0.1, 0.15) is 6.04 Å². The molecule has 1 aliphatic heterocycles. The van der Waals surface area contributed by atoms with E-state index in [0.717, 1.165) is 5.56 Å². The molecule has 3 rings (SSSR count).